The van der Waals surface area contributed by atoms with Crippen LogP contribution in [0, 0.1) is 13.8 Å². The fourth-order valence-corrected chi connectivity index (χ4v) is 6.24. The molecule has 0 saturated carbocycles. The molecule has 3 atom stereocenters. The number of nitrogens with one attached hydrogen (secondary N) is 1. The van der Waals surface area contributed by atoms with Crippen LogP contribution in [-0.4, -0.2) is 43.9 Å². The number of anilines is 1. The molecule has 4 aliphatic heterocycles. The first-order valence-electron chi connectivity index (χ1n) is 12.6. The lowest BCUT2D eigenvalue weighted by molar-refractivity contribution is 0.151. The SMILES string of the molecule is CC1=C(N2C3CCC2CC(c2nc(C(C)C)no2)C3)N=CC2=CC1(Nc1ccc(C)nc1C)C2. The van der Waals surface area contributed by atoms with Gasteiger partial charge in [0.15, 0.2) is 5.82 Å². The van der Waals surface area contributed by atoms with Gasteiger partial charge in [-0.25, -0.2) is 4.99 Å². The smallest absolute Gasteiger partial charge is 0.229 e. The summed E-state index contributed by atoms with van der Waals surface area (Å²) in [5.41, 5.74) is 5.59. The highest BCUT2D eigenvalue weighted by Gasteiger charge is 2.48. The number of rotatable bonds is 5. The second kappa shape index (κ2) is 7.79. The number of aromatic nitrogens is 3. The van der Waals surface area contributed by atoms with Gasteiger partial charge in [0.25, 0.3) is 0 Å². The quantitative estimate of drug-likeness (QED) is 0.645. The van der Waals surface area contributed by atoms with Gasteiger partial charge in [0, 0.05) is 42.2 Å². The summed E-state index contributed by atoms with van der Waals surface area (Å²) >= 11 is 0. The summed E-state index contributed by atoms with van der Waals surface area (Å²) in [7, 11) is 0. The third-order valence-electron chi connectivity index (χ3n) is 8.16. The Hall–Kier alpha value is -2.96. The lowest BCUT2D eigenvalue weighted by Crippen LogP contribution is -2.47. The van der Waals surface area contributed by atoms with E-state index in [4.69, 9.17) is 14.5 Å². The Morgan fingerprint density at radius 3 is 2.47 bits per heavy atom. The number of fused-ring (bicyclic) bond motifs is 4. The Balaban J connectivity index is 1.28. The summed E-state index contributed by atoms with van der Waals surface area (Å²) in [5, 5.41) is 8.06. The summed E-state index contributed by atoms with van der Waals surface area (Å²) in [4.78, 5) is 17.1. The highest BCUT2D eigenvalue weighted by atomic mass is 16.5. The summed E-state index contributed by atoms with van der Waals surface area (Å²) < 4.78 is 5.69. The van der Waals surface area contributed by atoms with Gasteiger partial charge in [-0.1, -0.05) is 19.0 Å². The molecule has 3 unspecified atom stereocenters. The van der Waals surface area contributed by atoms with Gasteiger partial charge in [0.1, 0.15) is 5.82 Å². The van der Waals surface area contributed by atoms with Crippen molar-refractivity contribution in [2.45, 2.75) is 96.2 Å². The van der Waals surface area contributed by atoms with Crippen LogP contribution in [-0.2, 0) is 0 Å². The number of hydrogen-bond donors (Lipinski definition) is 1. The second-order valence-corrected chi connectivity index (χ2v) is 10.9. The summed E-state index contributed by atoms with van der Waals surface area (Å²) in [6.45, 7) is 10.6. The van der Waals surface area contributed by atoms with Crippen LogP contribution >= 0.6 is 0 Å². The minimum absolute atomic E-state index is 0.197. The molecule has 2 saturated heterocycles. The van der Waals surface area contributed by atoms with Crippen molar-refractivity contribution in [2.24, 2.45) is 4.99 Å². The normalized spacial score (nSPS) is 29.9. The van der Waals surface area contributed by atoms with E-state index in [1.165, 1.54) is 24.0 Å². The third-order valence-corrected chi connectivity index (χ3v) is 8.16. The van der Waals surface area contributed by atoms with Gasteiger partial charge < -0.3 is 14.7 Å². The van der Waals surface area contributed by atoms with Crippen LogP contribution in [0.25, 0.3) is 0 Å². The molecule has 2 aromatic heterocycles. The molecular weight excluding hydrogens is 424 g/mol. The van der Waals surface area contributed by atoms with Crippen LogP contribution in [0.3, 0.4) is 0 Å². The first-order chi connectivity index (χ1) is 16.3. The maximum Gasteiger partial charge on any atom is 0.229 e. The predicted molar refractivity (Wildman–Crippen MR) is 133 cm³/mol. The fraction of sp³-hybridized carbons (Fsp3) is 0.556. The molecule has 178 valence electrons. The van der Waals surface area contributed by atoms with Gasteiger partial charge in [0.05, 0.1) is 16.9 Å². The molecular formula is C27H34N6O. The van der Waals surface area contributed by atoms with Crippen molar-refractivity contribution in [3.05, 3.63) is 58.3 Å². The van der Waals surface area contributed by atoms with Crippen molar-refractivity contribution in [1.82, 2.24) is 20.0 Å². The predicted octanol–water partition coefficient (Wildman–Crippen LogP) is 5.41. The summed E-state index contributed by atoms with van der Waals surface area (Å²) in [5.74, 6) is 3.42. The van der Waals surface area contributed by atoms with E-state index in [2.05, 4.69) is 72.5 Å². The third kappa shape index (κ3) is 3.39. The van der Waals surface area contributed by atoms with Crippen molar-refractivity contribution in [3.8, 4) is 0 Å². The molecule has 4 bridgehead atoms. The molecule has 0 spiro atoms. The molecule has 5 aliphatic rings. The minimum atomic E-state index is -0.197. The van der Waals surface area contributed by atoms with Crippen LogP contribution in [0.1, 0.15) is 87.8 Å². The Morgan fingerprint density at radius 2 is 1.82 bits per heavy atom. The largest absolute Gasteiger partial charge is 0.370 e. The number of pyridine rings is 1. The van der Waals surface area contributed by atoms with Gasteiger partial charge in [-0.05, 0) is 75.8 Å². The van der Waals surface area contributed by atoms with E-state index in [1.54, 1.807) is 0 Å². The fourth-order valence-electron chi connectivity index (χ4n) is 6.24. The van der Waals surface area contributed by atoms with E-state index in [1.807, 2.05) is 6.92 Å². The number of piperidine rings is 1. The van der Waals surface area contributed by atoms with Gasteiger partial charge in [-0.3, -0.25) is 4.98 Å². The van der Waals surface area contributed by atoms with Gasteiger partial charge in [-0.15, -0.1) is 0 Å². The van der Waals surface area contributed by atoms with Crippen molar-refractivity contribution < 1.29 is 4.52 Å². The van der Waals surface area contributed by atoms with E-state index < -0.39 is 0 Å². The highest BCUT2D eigenvalue weighted by Crippen LogP contribution is 2.49. The maximum atomic E-state index is 5.69. The lowest BCUT2D eigenvalue weighted by atomic mass is 9.74. The van der Waals surface area contributed by atoms with E-state index in [0.29, 0.717) is 23.9 Å². The van der Waals surface area contributed by atoms with Crippen molar-refractivity contribution >= 4 is 11.9 Å². The van der Waals surface area contributed by atoms with E-state index in [0.717, 1.165) is 53.9 Å². The zero-order valence-electron chi connectivity index (χ0n) is 20.8. The molecule has 7 nitrogen and oxygen atoms in total. The van der Waals surface area contributed by atoms with Crippen LogP contribution in [0.2, 0.25) is 0 Å². The van der Waals surface area contributed by atoms with Crippen molar-refractivity contribution in [1.29, 1.82) is 0 Å². The monoisotopic (exact) mass is 458 g/mol. The zero-order valence-corrected chi connectivity index (χ0v) is 20.8. The molecule has 0 radical (unpaired) electrons. The molecule has 7 heteroatoms. The molecule has 2 aromatic rings. The molecule has 1 aliphatic carbocycles. The topological polar surface area (TPSA) is 79.4 Å². The van der Waals surface area contributed by atoms with E-state index in [9.17, 15) is 0 Å². The standard InChI is InChI=1S/C27H34N6O/c1-15(2)24-30-26(34-32-24)20-10-21-7-8-22(11-20)33(21)25-17(4)27(12-19(13-27)14-28-25)31-23-9-6-16(3)29-18(23)5/h6,9,12,14-15,20-22,31H,7-8,10-11,13H2,1-5H3. The number of aryl methyl sites for hydroxylation is 2. The summed E-state index contributed by atoms with van der Waals surface area (Å²) in [6.07, 6.45) is 9.86. The highest BCUT2D eigenvalue weighted by molar-refractivity contribution is 5.86. The average molecular weight is 459 g/mol. The van der Waals surface area contributed by atoms with Gasteiger partial charge in [0.2, 0.25) is 5.89 Å². The van der Waals surface area contributed by atoms with Crippen LogP contribution in [0.4, 0.5) is 5.69 Å². The number of nitrogens with zero attached hydrogens (tertiary/aromatic N) is 5. The molecule has 2 fully saturated rings. The lowest BCUT2D eigenvalue weighted by Gasteiger charge is -2.44. The molecule has 0 amide bonds. The first-order valence-corrected chi connectivity index (χ1v) is 12.6. The minimum Gasteiger partial charge on any atom is -0.370 e. The van der Waals surface area contributed by atoms with Crippen LogP contribution in [0.5, 0.6) is 0 Å². The Labute approximate surface area is 201 Å². The van der Waals surface area contributed by atoms with E-state index >= 15 is 0 Å². The van der Waals surface area contributed by atoms with Crippen LogP contribution in [0.15, 0.2) is 44.7 Å². The Bertz CT molecular complexity index is 1210. The Morgan fingerprint density at radius 1 is 1.09 bits per heavy atom. The second-order valence-electron chi connectivity index (χ2n) is 10.9. The molecule has 1 N–H and O–H groups in total. The average Bonchev–Trinajstić information content (AvgIpc) is 3.29. The van der Waals surface area contributed by atoms with Crippen molar-refractivity contribution in [3.63, 3.8) is 0 Å². The number of hydrogen-bond acceptors (Lipinski definition) is 7. The molecule has 6 heterocycles. The maximum absolute atomic E-state index is 5.69. The molecule has 0 aromatic carbocycles. The number of aliphatic imine (C=N–C) groups is 1. The molecule has 7 rings (SSSR count). The Kier molecular flexibility index (Phi) is 4.94. The van der Waals surface area contributed by atoms with Crippen molar-refractivity contribution in [2.75, 3.05) is 5.32 Å². The zero-order chi connectivity index (χ0) is 23.6. The van der Waals surface area contributed by atoms with Gasteiger partial charge >= 0.3 is 0 Å². The van der Waals surface area contributed by atoms with E-state index in [-0.39, 0.29) is 5.54 Å². The molecule has 34 heavy (non-hydrogen) atoms. The summed E-state index contributed by atoms with van der Waals surface area (Å²) in [6, 6.07) is 5.15. The van der Waals surface area contributed by atoms with Gasteiger partial charge in [-0.2, -0.15) is 4.98 Å². The van der Waals surface area contributed by atoms with Crippen LogP contribution < -0.4 is 5.32 Å². The first kappa shape index (κ1) is 21.6.